The van der Waals surface area contributed by atoms with Gasteiger partial charge in [-0.2, -0.15) is 5.10 Å². The molecule has 1 aromatic carbocycles. The molecule has 0 atom stereocenters. The maximum atomic E-state index is 11.8. The fourth-order valence-electron chi connectivity index (χ4n) is 1.47. The van der Waals surface area contributed by atoms with E-state index in [2.05, 4.69) is 15.5 Å². The maximum absolute atomic E-state index is 11.8. The molecule has 0 aliphatic heterocycles. The van der Waals surface area contributed by atoms with E-state index >= 15 is 0 Å². The lowest BCUT2D eigenvalue weighted by Crippen LogP contribution is -2.19. The number of halogens is 1. The maximum Gasteiger partial charge on any atom is 0.289 e. The molecule has 1 N–H and O–H groups in total. The number of aromatic nitrogens is 1. The number of hydrazone groups is 1. The Labute approximate surface area is 116 Å². The third-order valence-corrected chi connectivity index (χ3v) is 2.74. The fourth-order valence-corrected chi connectivity index (χ4v) is 1.65. The van der Waals surface area contributed by atoms with Gasteiger partial charge in [0.15, 0.2) is 0 Å². The second-order valence-corrected chi connectivity index (χ2v) is 4.29. The van der Waals surface area contributed by atoms with Crippen molar-refractivity contribution in [2.45, 2.75) is 6.92 Å². The van der Waals surface area contributed by atoms with Crippen LogP contribution in [0.4, 0.5) is 0 Å². The summed E-state index contributed by atoms with van der Waals surface area (Å²) >= 11 is 5.96. The lowest BCUT2D eigenvalue weighted by molar-refractivity contribution is 0.0950. The van der Waals surface area contributed by atoms with Crippen LogP contribution >= 0.6 is 11.6 Å². The van der Waals surface area contributed by atoms with Crippen LogP contribution in [-0.2, 0) is 0 Å². The molecule has 4 nitrogen and oxygen atoms in total. The highest BCUT2D eigenvalue weighted by Crippen LogP contribution is 2.12. The SMILES string of the molecule is Cc1cccc(C(=O)N/N=C/c2ccccc2Cl)n1. The van der Waals surface area contributed by atoms with Crippen molar-refractivity contribution in [1.29, 1.82) is 0 Å². The summed E-state index contributed by atoms with van der Waals surface area (Å²) in [5.74, 6) is -0.355. The lowest BCUT2D eigenvalue weighted by Gasteiger charge is -2.00. The third kappa shape index (κ3) is 3.63. The number of carbonyl (C=O) groups is 1. The van der Waals surface area contributed by atoms with Crippen molar-refractivity contribution in [2.75, 3.05) is 0 Å². The van der Waals surface area contributed by atoms with Gasteiger partial charge in [0.25, 0.3) is 5.91 Å². The van der Waals surface area contributed by atoms with Crippen LogP contribution in [0.3, 0.4) is 0 Å². The van der Waals surface area contributed by atoms with Gasteiger partial charge in [0.2, 0.25) is 0 Å². The van der Waals surface area contributed by atoms with Gasteiger partial charge < -0.3 is 0 Å². The number of rotatable bonds is 3. The topological polar surface area (TPSA) is 54.4 Å². The monoisotopic (exact) mass is 273 g/mol. The first-order valence-corrected chi connectivity index (χ1v) is 6.06. The summed E-state index contributed by atoms with van der Waals surface area (Å²) in [6.45, 7) is 1.82. The molecular formula is C14H12ClN3O. The predicted octanol–water partition coefficient (Wildman–Crippen LogP) is 2.81. The Morgan fingerprint density at radius 3 is 2.79 bits per heavy atom. The zero-order valence-corrected chi connectivity index (χ0v) is 11.1. The van der Waals surface area contributed by atoms with Gasteiger partial charge >= 0.3 is 0 Å². The van der Waals surface area contributed by atoms with Gasteiger partial charge in [0.05, 0.1) is 6.21 Å². The van der Waals surface area contributed by atoms with Gasteiger partial charge in [0, 0.05) is 16.3 Å². The van der Waals surface area contributed by atoms with Crippen LogP contribution in [-0.4, -0.2) is 17.1 Å². The number of carbonyl (C=O) groups excluding carboxylic acids is 1. The molecule has 1 heterocycles. The Bertz CT molecular complexity index is 626. The van der Waals surface area contributed by atoms with Crippen molar-refractivity contribution in [3.8, 4) is 0 Å². The number of benzene rings is 1. The van der Waals surface area contributed by atoms with Gasteiger partial charge in [-0.1, -0.05) is 35.9 Å². The molecule has 2 rings (SSSR count). The Morgan fingerprint density at radius 1 is 1.26 bits per heavy atom. The average molecular weight is 274 g/mol. The normalized spacial score (nSPS) is 10.6. The van der Waals surface area contributed by atoms with Crippen LogP contribution in [0.2, 0.25) is 5.02 Å². The van der Waals surface area contributed by atoms with Gasteiger partial charge in [-0.25, -0.2) is 10.4 Å². The first kappa shape index (κ1) is 13.2. The Morgan fingerprint density at radius 2 is 2.05 bits per heavy atom. The summed E-state index contributed by atoms with van der Waals surface area (Å²) in [6, 6.07) is 12.5. The quantitative estimate of drug-likeness (QED) is 0.691. The molecule has 0 saturated heterocycles. The third-order valence-electron chi connectivity index (χ3n) is 2.40. The number of pyridine rings is 1. The average Bonchev–Trinajstić information content (AvgIpc) is 2.41. The number of nitrogens with one attached hydrogen (secondary N) is 1. The van der Waals surface area contributed by atoms with Crippen molar-refractivity contribution in [3.63, 3.8) is 0 Å². The zero-order valence-electron chi connectivity index (χ0n) is 10.3. The fraction of sp³-hybridized carbons (Fsp3) is 0.0714. The smallest absolute Gasteiger partial charge is 0.266 e. The van der Waals surface area contributed by atoms with Crippen LogP contribution in [0.1, 0.15) is 21.7 Å². The second-order valence-electron chi connectivity index (χ2n) is 3.88. The molecule has 1 amide bonds. The molecule has 0 saturated carbocycles. The van der Waals surface area contributed by atoms with Crippen molar-refractivity contribution < 1.29 is 4.79 Å². The standard InChI is InChI=1S/C14H12ClN3O/c1-10-5-4-8-13(17-10)14(19)18-16-9-11-6-2-3-7-12(11)15/h2-9H,1H3,(H,18,19)/b16-9+. The van der Waals surface area contributed by atoms with E-state index in [1.165, 1.54) is 6.21 Å². The number of amides is 1. The summed E-state index contributed by atoms with van der Waals surface area (Å²) in [5.41, 5.74) is 4.26. The molecule has 2 aromatic rings. The minimum Gasteiger partial charge on any atom is -0.266 e. The van der Waals surface area contributed by atoms with E-state index < -0.39 is 0 Å². The molecule has 0 bridgehead atoms. The van der Waals surface area contributed by atoms with Gasteiger partial charge in [-0.15, -0.1) is 0 Å². The molecule has 96 valence electrons. The van der Waals surface area contributed by atoms with Gasteiger partial charge in [0.1, 0.15) is 5.69 Å². The molecule has 5 heteroatoms. The van der Waals surface area contributed by atoms with Gasteiger partial charge in [-0.3, -0.25) is 4.79 Å². The van der Waals surface area contributed by atoms with E-state index in [1.807, 2.05) is 31.2 Å². The second kappa shape index (κ2) is 6.11. The number of aryl methyl sites for hydroxylation is 1. The lowest BCUT2D eigenvalue weighted by atomic mass is 10.2. The van der Waals surface area contributed by atoms with E-state index in [4.69, 9.17) is 11.6 Å². The van der Waals surface area contributed by atoms with E-state index in [1.54, 1.807) is 18.2 Å². The summed E-state index contributed by atoms with van der Waals surface area (Å²) < 4.78 is 0. The zero-order chi connectivity index (χ0) is 13.7. The van der Waals surface area contributed by atoms with Crippen molar-refractivity contribution in [1.82, 2.24) is 10.4 Å². The molecule has 0 spiro atoms. The van der Waals surface area contributed by atoms with E-state index in [9.17, 15) is 4.79 Å². The molecule has 0 unspecified atom stereocenters. The van der Waals surface area contributed by atoms with Crippen LogP contribution < -0.4 is 5.43 Å². The molecular weight excluding hydrogens is 262 g/mol. The molecule has 0 radical (unpaired) electrons. The van der Waals surface area contributed by atoms with Crippen LogP contribution in [0.25, 0.3) is 0 Å². The molecule has 19 heavy (non-hydrogen) atoms. The highest BCUT2D eigenvalue weighted by molar-refractivity contribution is 6.33. The van der Waals surface area contributed by atoms with E-state index in [0.29, 0.717) is 10.7 Å². The summed E-state index contributed by atoms with van der Waals surface area (Å²) in [5, 5.41) is 4.44. The Balaban J connectivity index is 2.03. The Kier molecular flexibility index (Phi) is 4.26. The largest absolute Gasteiger partial charge is 0.289 e. The summed E-state index contributed by atoms with van der Waals surface area (Å²) in [6.07, 6.45) is 1.50. The van der Waals surface area contributed by atoms with Crippen LogP contribution in [0, 0.1) is 6.92 Å². The predicted molar refractivity (Wildman–Crippen MR) is 75.5 cm³/mol. The number of hydrogen-bond donors (Lipinski definition) is 1. The summed E-state index contributed by atoms with van der Waals surface area (Å²) in [7, 11) is 0. The minimum absolute atomic E-state index is 0.330. The number of nitrogens with zero attached hydrogens (tertiary/aromatic N) is 2. The van der Waals surface area contributed by atoms with Crippen LogP contribution in [0.5, 0.6) is 0 Å². The van der Waals surface area contributed by atoms with Crippen molar-refractivity contribution in [2.24, 2.45) is 5.10 Å². The first-order valence-electron chi connectivity index (χ1n) is 5.68. The minimum atomic E-state index is -0.355. The Hall–Kier alpha value is -2.20. The van der Waals surface area contributed by atoms with Gasteiger partial charge in [-0.05, 0) is 25.1 Å². The molecule has 0 aliphatic rings. The molecule has 1 aromatic heterocycles. The highest BCUT2D eigenvalue weighted by Gasteiger charge is 2.05. The highest BCUT2D eigenvalue weighted by atomic mass is 35.5. The van der Waals surface area contributed by atoms with E-state index in [-0.39, 0.29) is 5.91 Å². The van der Waals surface area contributed by atoms with Crippen LogP contribution in [0.15, 0.2) is 47.6 Å². The van der Waals surface area contributed by atoms with E-state index in [0.717, 1.165) is 11.3 Å². The number of hydrogen-bond acceptors (Lipinski definition) is 3. The summed E-state index contributed by atoms with van der Waals surface area (Å²) in [4.78, 5) is 15.9. The van der Waals surface area contributed by atoms with Crippen molar-refractivity contribution in [3.05, 3.63) is 64.4 Å². The molecule has 0 aliphatic carbocycles. The first-order chi connectivity index (χ1) is 9.16. The van der Waals surface area contributed by atoms with Crippen molar-refractivity contribution >= 4 is 23.7 Å². The molecule has 0 fully saturated rings.